The highest BCUT2D eigenvalue weighted by atomic mass is 32.1. The van der Waals surface area contributed by atoms with Gasteiger partial charge in [-0.15, -0.1) is 11.3 Å². The topological polar surface area (TPSA) is 71.5 Å². The molecule has 1 rings (SSSR count). The summed E-state index contributed by atoms with van der Waals surface area (Å²) in [6.07, 6.45) is 0.273. The third-order valence-corrected chi connectivity index (χ3v) is 2.55. The van der Waals surface area contributed by atoms with Gasteiger partial charge in [0.25, 0.3) is 5.91 Å². The monoisotopic (exact) mass is 244 g/mol. The van der Waals surface area contributed by atoms with Crippen molar-refractivity contribution in [3.05, 3.63) is 11.1 Å². The van der Waals surface area contributed by atoms with Crippen molar-refractivity contribution in [2.24, 2.45) is 0 Å². The van der Waals surface area contributed by atoms with Gasteiger partial charge in [-0.3, -0.25) is 10.1 Å². The van der Waals surface area contributed by atoms with Crippen molar-refractivity contribution >= 4 is 22.4 Å². The fourth-order valence-corrected chi connectivity index (χ4v) is 1.81. The van der Waals surface area contributed by atoms with Crippen molar-refractivity contribution in [3.8, 4) is 0 Å². The Morgan fingerprint density at radius 3 is 3.06 bits per heavy atom. The SMILES string of the molecule is CCCOCC(=O)Nc1nc(C(C)O)cs1. The molecule has 0 bridgehead atoms. The second-order valence-corrected chi connectivity index (χ2v) is 4.21. The Kier molecular flexibility index (Phi) is 5.37. The van der Waals surface area contributed by atoms with Gasteiger partial charge < -0.3 is 9.84 Å². The molecule has 0 aromatic carbocycles. The van der Waals surface area contributed by atoms with E-state index >= 15 is 0 Å². The van der Waals surface area contributed by atoms with Crippen LogP contribution in [0, 0.1) is 0 Å². The van der Waals surface area contributed by atoms with Gasteiger partial charge in [-0.2, -0.15) is 0 Å². The quantitative estimate of drug-likeness (QED) is 0.745. The second kappa shape index (κ2) is 6.57. The van der Waals surface area contributed by atoms with E-state index in [1.807, 2.05) is 6.92 Å². The molecule has 6 heteroatoms. The van der Waals surface area contributed by atoms with Gasteiger partial charge in [-0.1, -0.05) is 6.92 Å². The Balaban J connectivity index is 2.37. The number of amides is 1. The molecular weight excluding hydrogens is 228 g/mol. The third-order valence-electron chi connectivity index (χ3n) is 1.78. The lowest BCUT2D eigenvalue weighted by Gasteiger charge is -2.02. The summed E-state index contributed by atoms with van der Waals surface area (Å²) in [5.74, 6) is -0.222. The molecular formula is C10H16N2O3S. The normalized spacial score (nSPS) is 12.4. The summed E-state index contributed by atoms with van der Waals surface area (Å²) in [4.78, 5) is 15.4. The Bertz CT molecular complexity index is 339. The molecule has 1 atom stereocenters. The highest BCUT2D eigenvalue weighted by Gasteiger charge is 2.09. The van der Waals surface area contributed by atoms with Crippen LogP contribution in [0.2, 0.25) is 0 Å². The summed E-state index contributed by atoms with van der Waals surface area (Å²) < 4.78 is 5.09. The maximum absolute atomic E-state index is 11.3. The zero-order valence-corrected chi connectivity index (χ0v) is 10.2. The van der Waals surface area contributed by atoms with E-state index in [0.717, 1.165) is 6.42 Å². The van der Waals surface area contributed by atoms with E-state index in [-0.39, 0.29) is 12.5 Å². The average molecular weight is 244 g/mol. The van der Waals surface area contributed by atoms with Crippen molar-refractivity contribution in [1.82, 2.24) is 4.98 Å². The van der Waals surface area contributed by atoms with Crippen LogP contribution in [-0.2, 0) is 9.53 Å². The largest absolute Gasteiger partial charge is 0.387 e. The minimum absolute atomic E-state index is 0.0391. The van der Waals surface area contributed by atoms with Gasteiger partial charge in [0.05, 0.1) is 11.8 Å². The smallest absolute Gasteiger partial charge is 0.252 e. The molecule has 5 nitrogen and oxygen atoms in total. The van der Waals surface area contributed by atoms with E-state index in [2.05, 4.69) is 10.3 Å². The number of rotatable bonds is 6. The number of thiazole rings is 1. The lowest BCUT2D eigenvalue weighted by molar-refractivity contribution is -0.120. The van der Waals surface area contributed by atoms with Gasteiger partial charge in [-0.05, 0) is 13.3 Å². The molecule has 0 aliphatic heterocycles. The molecule has 1 aromatic rings. The van der Waals surface area contributed by atoms with Crippen LogP contribution < -0.4 is 5.32 Å². The molecule has 1 amide bonds. The maximum Gasteiger partial charge on any atom is 0.252 e. The first kappa shape index (κ1) is 13.1. The third kappa shape index (κ3) is 4.26. The summed E-state index contributed by atoms with van der Waals surface area (Å²) >= 11 is 1.29. The van der Waals surface area contributed by atoms with E-state index in [4.69, 9.17) is 4.74 Å². The molecule has 0 aliphatic rings. The van der Waals surface area contributed by atoms with E-state index in [1.54, 1.807) is 12.3 Å². The number of carbonyl (C=O) groups excluding carboxylic acids is 1. The predicted octanol–water partition coefficient (Wildman–Crippen LogP) is 1.56. The minimum atomic E-state index is -0.613. The van der Waals surface area contributed by atoms with Crippen LogP contribution in [0.5, 0.6) is 0 Å². The molecule has 0 aliphatic carbocycles. The highest BCUT2D eigenvalue weighted by Crippen LogP contribution is 2.19. The Hall–Kier alpha value is -0.980. The Labute approximate surface area is 98.5 Å². The molecule has 0 fully saturated rings. The number of aliphatic hydroxyl groups is 1. The number of nitrogens with one attached hydrogen (secondary N) is 1. The summed E-state index contributed by atoms with van der Waals surface area (Å²) in [6.45, 7) is 4.22. The zero-order valence-electron chi connectivity index (χ0n) is 9.40. The van der Waals surface area contributed by atoms with Crippen LogP contribution in [0.4, 0.5) is 5.13 Å². The number of nitrogens with zero attached hydrogens (tertiary/aromatic N) is 1. The Morgan fingerprint density at radius 2 is 2.50 bits per heavy atom. The number of aromatic nitrogens is 1. The van der Waals surface area contributed by atoms with Crippen molar-refractivity contribution in [2.45, 2.75) is 26.4 Å². The first-order valence-corrected chi connectivity index (χ1v) is 6.02. The predicted molar refractivity (Wildman–Crippen MR) is 62.5 cm³/mol. The molecule has 0 radical (unpaired) electrons. The zero-order chi connectivity index (χ0) is 12.0. The van der Waals surface area contributed by atoms with E-state index < -0.39 is 6.10 Å². The van der Waals surface area contributed by atoms with E-state index in [0.29, 0.717) is 17.4 Å². The molecule has 1 heterocycles. The van der Waals surface area contributed by atoms with Crippen LogP contribution in [0.3, 0.4) is 0 Å². The maximum atomic E-state index is 11.3. The molecule has 1 unspecified atom stereocenters. The molecule has 0 saturated heterocycles. The molecule has 0 spiro atoms. The minimum Gasteiger partial charge on any atom is -0.387 e. The molecule has 2 N–H and O–H groups in total. The molecule has 16 heavy (non-hydrogen) atoms. The van der Waals surface area contributed by atoms with E-state index in [1.165, 1.54) is 11.3 Å². The molecule has 0 saturated carbocycles. The fraction of sp³-hybridized carbons (Fsp3) is 0.600. The number of hydrogen-bond donors (Lipinski definition) is 2. The van der Waals surface area contributed by atoms with Gasteiger partial charge in [0.15, 0.2) is 5.13 Å². The second-order valence-electron chi connectivity index (χ2n) is 3.35. The van der Waals surface area contributed by atoms with Gasteiger partial charge in [0.2, 0.25) is 0 Å². The summed E-state index contributed by atoms with van der Waals surface area (Å²) in [5, 5.41) is 14.1. The molecule has 90 valence electrons. The Morgan fingerprint density at radius 1 is 1.75 bits per heavy atom. The van der Waals surface area contributed by atoms with Crippen molar-refractivity contribution < 1.29 is 14.6 Å². The highest BCUT2D eigenvalue weighted by molar-refractivity contribution is 7.13. The number of aliphatic hydroxyl groups excluding tert-OH is 1. The van der Waals surface area contributed by atoms with Gasteiger partial charge in [-0.25, -0.2) is 4.98 Å². The average Bonchev–Trinajstić information content (AvgIpc) is 2.66. The van der Waals surface area contributed by atoms with Gasteiger partial charge in [0.1, 0.15) is 6.61 Å². The molecule has 1 aromatic heterocycles. The van der Waals surface area contributed by atoms with Crippen LogP contribution in [-0.4, -0.2) is 29.2 Å². The van der Waals surface area contributed by atoms with Crippen molar-refractivity contribution in [1.29, 1.82) is 0 Å². The van der Waals surface area contributed by atoms with Crippen molar-refractivity contribution in [2.75, 3.05) is 18.5 Å². The number of ether oxygens (including phenoxy) is 1. The van der Waals surface area contributed by atoms with Crippen molar-refractivity contribution in [3.63, 3.8) is 0 Å². The standard InChI is InChI=1S/C10H16N2O3S/c1-3-4-15-5-9(14)12-10-11-8(6-16-10)7(2)13/h6-7,13H,3-5H2,1-2H3,(H,11,12,14). The van der Waals surface area contributed by atoms with Crippen LogP contribution in [0.1, 0.15) is 32.1 Å². The first-order chi connectivity index (χ1) is 7.63. The van der Waals surface area contributed by atoms with Crippen LogP contribution >= 0.6 is 11.3 Å². The van der Waals surface area contributed by atoms with E-state index in [9.17, 15) is 9.90 Å². The van der Waals surface area contributed by atoms with Crippen LogP contribution in [0.15, 0.2) is 5.38 Å². The number of anilines is 1. The lowest BCUT2D eigenvalue weighted by atomic mass is 10.3. The van der Waals surface area contributed by atoms with Crippen LogP contribution in [0.25, 0.3) is 0 Å². The number of hydrogen-bond acceptors (Lipinski definition) is 5. The summed E-state index contributed by atoms with van der Waals surface area (Å²) in [6, 6.07) is 0. The summed E-state index contributed by atoms with van der Waals surface area (Å²) in [5.41, 5.74) is 0.565. The summed E-state index contributed by atoms with van der Waals surface area (Å²) in [7, 11) is 0. The number of carbonyl (C=O) groups is 1. The lowest BCUT2D eigenvalue weighted by Crippen LogP contribution is -2.18. The van der Waals surface area contributed by atoms with Gasteiger partial charge in [0, 0.05) is 12.0 Å². The fourth-order valence-electron chi connectivity index (χ4n) is 1.00. The first-order valence-electron chi connectivity index (χ1n) is 5.14. The van der Waals surface area contributed by atoms with Gasteiger partial charge >= 0.3 is 0 Å².